The van der Waals surface area contributed by atoms with Gasteiger partial charge in [-0.1, -0.05) is 35.0 Å². The molecule has 0 saturated carbocycles. The fourth-order valence-corrected chi connectivity index (χ4v) is 3.18. The monoisotopic (exact) mass is 340 g/mol. The average molecular weight is 341 g/mol. The largest absolute Gasteiger partial charge is 0.378 e. The number of hydrogen-bond donors (Lipinski definition) is 1. The van der Waals surface area contributed by atoms with Gasteiger partial charge in [-0.05, 0) is 18.7 Å². The Morgan fingerprint density at radius 1 is 1.42 bits per heavy atom. The summed E-state index contributed by atoms with van der Waals surface area (Å²) in [5, 5.41) is 4.39. The Bertz CT molecular complexity index is 542. The van der Waals surface area contributed by atoms with E-state index in [-0.39, 0.29) is 0 Å². The Kier molecular flexibility index (Phi) is 5.51. The van der Waals surface area contributed by atoms with Crippen LogP contribution in [-0.2, 0) is 17.9 Å². The highest BCUT2D eigenvalue weighted by atomic mass is 79.9. The molecule has 0 amide bonds. The van der Waals surface area contributed by atoms with E-state index in [0.717, 1.165) is 33.8 Å². The highest BCUT2D eigenvalue weighted by molar-refractivity contribution is 9.10. The van der Waals surface area contributed by atoms with E-state index in [1.54, 1.807) is 18.4 Å². The van der Waals surface area contributed by atoms with Crippen LogP contribution in [0.2, 0.25) is 0 Å². The van der Waals surface area contributed by atoms with Gasteiger partial charge in [0, 0.05) is 28.6 Å². The van der Waals surface area contributed by atoms with Crippen molar-refractivity contribution in [1.82, 2.24) is 10.3 Å². The third kappa shape index (κ3) is 3.86. The van der Waals surface area contributed by atoms with Crippen molar-refractivity contribution in [2.45, 2.75) is 20.1 Å². The molecule has 0 unspecified atom stereocenters. The zero-order chi connectivity index (χ0) is 13.7. The number of rotatable bonds is 6. The Hall–Kier alpha value is -0.750. The number of benzene rings is 1. The van der Waals surface area contributed by atoms with E-state index in [9.17, 15) is 0 Å². The molecule has 102 valence electrons. The maximum Gasteiger partial charge on any atom is 0.124 e. The van der Waals surface area contributed by atoms with E-state index < -0.39 is 0 Å². The number of thiazole rings is 1. The quantitative estimate of drug-likeness (QED) is 0.867. The molecular formula is C14H17BrN2OS. The number of ether oxygens (including phenoxy) is 1. The first-order valence-corrected chi connectivity index (χ1v) is 7.79. The normalized spacial score (nSPS) is 10.9. The Morgan fingerprint density at radius 3 is 2.95 bits per heavy atom. The molecule has 1 N–H and O–H groups in total. The lowest BCUT2D eigenvalue weighted by molar-refractivity contribution is 0.181. The second-order valence-electron chi connectivity index (χ2n) is 4.11. The van der Waals surface area contributed by atoms with Gasteiger partial charge in [0.25, 0.3) is 0 Å². The molecule has 0 aliphatic carbocycles. The highest BCUT2D eigenvalue weighted by Gasteiger charge is 2.12. The Labute approximate surface area is 126 Å². The predicted octanol–water partition coefficient (Wildman–Crippen LogP) is 3.83. The predicted molar refractivity (Wildman–Crippen MR) is 83.3 cm³/mol. The minimum Gasteiger partial charge on any atom is -0.378 e. The van der Waals surface area contributed by atoms with Crippen molar-refractivity contribution >= 4 is 27.3 Å². The summed E-state index contributed by atoms with van der Waals surface area (Å²) in [6.07, 6.45) is 0. The van der Waals surface area contributed by atoms with Crippen LogP contribution in [0.1, 0.15) is 17.5 Å². The standard InChI is InChI=1S/C14H17BrN2OS/c1-3-16-8-13-12(9-18-2)17-14(19-13)10-5-4-6-11(15)7-10/h4-7,16H,3,8-9H2,1-2H3. The lowest BCUT2D eigenvalue weighted by Crippen LogP contribution is -2.12. The number of methoxy groups -OCH3 is 1. The summed E-state index contributed by atoms with van der Waals surface area (Å²) in [4.78, 5) is 5.95. The van der Waals surface area contributed by atoms with Gasteiger partial charge >= 0.3 is 0 Å². The summed E-state index contributed by atoms with van der Waals surface area (Å²) in [5.41, 5.74) is 2.17. The SMILES string of the molecule is CCNCc1sc(-c2cccc(Br)c2)nc1COC. The molecule has 5 heteroatoms. The van der Waals surface area contributed by atoms with E-state index in [1.807, 2.05) is 12.1 Å². The summed E-state index contributed by atoms with van der Waals surface area (Å²) >= 11 is 5.22. The van der Waals surface area contributed by atoms with Gasteiger partial charge in [0.1, 0.15) is 5.01 Å². The highest BCUT2D eigenvalue weighted by Crippen LogP contribution is 2.30. The van der Waals surface area contributed by atoms with Crippen LogP contribution < -0.4 is 5.32 Å². The van der Waals surface area contributed by atoms with Gasteiger partial charge in [0.15, 0.2) is 0 Å². The molecule has 1 aromatic carbocycles. The molecule has 1 aromatic heterocycles. The molecular weight excluding hydrogens is 324 g/mol. The van der Waals surface area contributed by atoms with Gasteiger partial charge in [0.2, 0.25) is 0 Å². The average Bonchev–Trinajstić information content (AvgIpc) is 2.80. The van der Waals surface area contributed by atoms with Gasteiger partial charge < -0.3 is 10.1 Å². The van der Waals surface area contributed by atoms with Crippen LogP contribution in [0.25, 0.3) is 10.6 Å². The van der Waals surface area contributed by atoms with Gasteiger partial charge in [-0.3, -0.25) is 0 Å². The smallest absolute Gasteiger partial charge is 0.124 e. The molecule has 0 radical (unpaired) electrons. The zero-order valence-electron chi connectivity index (χ0n) is 11.1. The molecule has 2 aromatic rings. The summed E-state index contributed by atoms with van der Waals surface area (Å²) in [5.74, 6) is 0. The van der Waals surface area contributed by atoms with Crippen LogP contribution in [0, 0.1) is 0 Å². The fourth-order valence-electron chi connectivity index (χ4n) is 1.75. The first kappa shape index (κ1) is 14.7. The number of hydrogen-bond acceptors (Lipinski definition) is 4. The molecule has 0 spiro atoms. The van der Waals surface area contributed by atoms with Crippen LogP contribution >= 0.6 is 27.3 Å². The van der Waals surface area contributed by atoms with E-state index in [2.05, 4.69) is 40.3 Å². The lowest BCUT2D eigenvalue weighted by Gasteiger charge is -2.00. The molecule has 0 atom stereocenters. The van der Waals surface area contributed by atoms with Crippen molar-refractivity contribution in [2.24, 2.45) is 0 Å². The molecule has 1 heterocycles. The van der Waals surface area contributed by atoms with Gasteiger partial charge in [0.05, 0.1) is 12.3 Å². The minimum atomic E-state index is 0.561. The zero-order valence-corrected chi connectivity index (χ0v) is 13.5. The summed E-state index contributed by atoms with van der Waals surface area (Å²) in [6, 6.07) is 8.22. The second kappa shape index (κ2) is 7.14. The number of aromatic nitrogens is 1. The third-order valence-electron chi connectivity index (χ3n) is 2.67. The molecule has 0 fully saturated rings. The van der Waals surface area contributed by atoms with Crippen molar-refractivity contribution in [2.75, 3.05) is 13.7 Å². The maximum atomic E-state index is 5.23. The van der Waals surface area contributed by atoms with Gasteiger partial charge in [-0.2, -0.15) is 0 Å². The maximum absolute atomic E-state index is 5.23. The van der Waals surface area contributed by atoms with Crippen LogP contribution in [0.3, 0.4) is 0 Å². The Balaban J connectivity index is 2.30. The van der Waals surface area contributed by atoms with E-state index in [1.165, 1.54) is 4.88 Å². The Morgan fingerprint density at radius 2 is 2.26 bits per heavy atom. The van der Waals surface area contributed by atoms with E-state index in [0.29, 0.717) is 6.61 Å². The third-order valence-corrected chi connectivity index (χ3v) is 4.31. The van der Waals surface area contributed by atoms with E-state index in [4.69, 9.17) is 9.72 Å². The molecule has 0 aliphatic rings. The molecule has 0 bridgehead atoms. The number of nitrogens with one attached hydrogen (secondary N) is 1. The fraction of sp³-hybridized carbons (Fsp3) is 0.357. The molecule has 0 saturated heterocycles. The lowest BCUT2D eigenvalue weighted by atomic mass is 10.2. The minimum absolute atomic E-state index is 0.561. The van der Waals surface area contributed by atoms with Crippen molar-refractivity contribution < 1.29 is 4.74 Å². The summed E-state index contributed by atoms with van der Waals surface area (Å²) in [6.45, 7) is 4.47. The molecule has 3 nitrogen and oxygen atoms in total. The van der Waals surface area contributed by atoms with Crippen LogP contribution in [0.5, 0.6) is 0 Å². The molecule has 0 aliphatic heterocycles. The van der Waals surface area contributed by atoms with Gasteiger partial charge in [-0.25, -0.2) is 4.98 Å². The van der Waals surface area contributed by atoms with E-state index >= 15 is 0 Å². The molecule has 19 heavy (non-hydrogen) atoms. The van der Waals surface area contributed by atoms with Crippen molar-refractivity contribution in [3.63, 3.8) is 0 Å². The topological polar surface area (TPSA) is 34.2 Å². The van der Waals surface area contributed by atoms with Crippen LogP contribution in [0.15, 0.2) is 28.7 Å². The first-order valence-electron chi connectivity index (χ1n) is 6.18. The first-order chi connectivity index (χ1) is 9.24. The second-order valence-corrected chi connectivity index (χ2v) is 6.11. The van der Waals surface area contributed by atoms with Crippen LogP contribution in [-0.4, -0.2) is 18.6 Å². The summed E-state index contributed by atoms with van der Waals surface area (Å²) < 4.78 is 6.30. The van der Waals surface area contributed by atoms with Crippen LogP contribution in [0.4, 0.5) is 0 Å². The van der Waals surface area contributed by atoms with Gasteiger partial charge in [-0.15, -0.1) is 11.3 Å². The van der Waals surface area contributed by atoms with Crippen molar-refractivity contribution in [3.8, 4) is 10.6 Å². The molecule has 2 rings (SSSR count). The number of nitrogens with zero attached hydrogens (tertiary/aromatic N) is 1. The van der Waals surface area contributed by atoms with Crippen molar-refractivity contribution in [3.05, 3.63) is 39.3 Å². The summed E-state index contributed by atoms with van der Waals surface area (Å²) in [7, 11) is 1.70. The number of halogens is 1. The van der Waals surface area contributed by atoms with Crippen molar-refractivity contribution in [1.29, 1.82) is 0 Å².